The number of rotatable bonds is 6. The Bertz CT molecular complexity index is 950. The molecule has 0 fully saturated rings. The molecule has 2 aromatic rings. The Morgan fingerprint density at radius 3 is 2.83 bits per heavy atom. The third-order valence-electron chi connectivity index (χ3n) is 4.36. The zero-order valence-corrected chi connectivity index (χ0v) is 17.9. The standard InChI is InChI=1S/C21H19Cl2NO4S/c1-3-9-27-18(25)11-17-21(29)24-15-8-7-12(22)10-14(15)20(28-17)13-5-4-6-16(26-2)19(13)23/h3-8,10,17,20H,1,9,11H2,2H3,(H,24,29)/t17-,20-/m1/s1. The van der Waals surface area contributed by atoms with Crippen molar-refractivity contribution in [3.63, 3.8) is 0 Å². The predicted octanol–water partition coefficient (Wildman–Crippen LogP) is 5.35. The predicted molar refractivity (Wildman–Crippen MR) is 118 cm³/mol. The molecule has 2 aromatic carbocycles. The summed E-state index contributed by atoms with van der Waals surface area (Å²) in [6.07, 6.45) is 0.0932. The van der Waals surface area contributed by atoms with Crippen molar-refractivity contribution in [3.8, 4) is 5.75 Å². The zero-order chi connectivity index (χ0) is 21.0. The number of anilines is 1. The van der Waals surface area contributed by atoms with Crippen LogP contribution in [0.15, 0.2) is 49.1 Å². The van der Waals surface area contributed by atoms with Gasteiger partial charge in [-0.1, -0.05) is 60.2 Å². The summed E-state index contributed by atoms with van der Waals surface area (Å²) in [4.78, 5) is 12.5. The van der Waals surface area contributed by atoms with Crippen molar-refractivity contribution in [3.05, 3.63) is 70.2 Å². The molecule has 0 saturated heterocycles. The van der Waals surface area contributed by atoms with Crippen LogP contribution in [0.2, 0.25) is 10.0 Å². The van der Waals surface area contributed by atoms with E-state index in [1.54, 1.807) is 25.3 Å². The van der Waals surface area contributed by atoms with Crippen molar-refractivity contribution < 1.29 is 19.0 Å². The minimum absolute atomic E-state index is 0.0561. The van der Waals surface area contributed by atoms with Gasteiger partial charge in [-0.15, -0.1) is 0 Å². The summed E-state index contributed by atoms with van der Waals surface area (Å²) < 4.78 is 16.7. The molecule has 1 heterocycles. The summed E-state index contributed by atoms with van der Waals surface area (Å²) in [7, 11) is 1.54. The molecule has 0 aromatic heterocycles. The highest BCUT2D eigenvalue weighted by atomic mass is 35.5. The van der Waals surface area contributed by atoms with Crippen LogP contribution in [0.1, 0.15) is 23.7 Å². The molecule has 1 aliphatic heterocycles. The summed E-state index contributed by atoms with van der Waals surface area (Å²) in [5.41, 5.74) is 2.15. The maximum absolute atomic E-state index is 12.2. The molecule has 0 aliphatic carbocycles. The van der Waals surface area contributed by atoms with E-state index in [1.165, 1.54) is 6.08 Å². The molecule has 0 radical (unpaired) electrons. The molecule has 0 bridgehead atoms. The molecule has 3 rings (SSSR count). The first-order chi connectivity index (χ1) is 13.9. The summed E-state index contributed by atoms with van der Waals surface area (Å²) in [5, 5.41) is 4.10. The second kappa shape index (κ2) is 9.59. The maximum atomic E-state index is 12.2. The molecule has 8 heteroatoms. The van der Waals surface area contributed by atoms with Crippen LogP contribution in [0.25, 0.3) is 0 Å². The van der Waals surface area contributed by atoms with E-state index >= 15 is 0 Å². The zero-order valence-electron chi connectivity index (χ0n) is 15.6. The first kappa shape index (κ1) is 21.6. The fraction of sp³-hybridized carbons (Fsp3) is 0.238. The number of fused-ring (bicyclic) bond motifs is 1. The Labute approximate surface area is 184 Å². The quantitative estimate of drug-likeness (QED) is 0.362. The molecule has 0 unspecified atom stereocenters. The summed E-state index contributed by atoms with van der Waals surface area (Å²) >= 11 is 18.3. The number of halogens is 2. The van der Waals surface area contributed by atoms with Gasteiger partial charge in [0.1, 0.15) is 29.6 Å². The lowest BCUT2D eigenvalue weighted by Crippen LogP contribution is -2.31. The minimum atomic E-state index is -0.722. The van der Waals surface area contributed by atoms with Gasteiger partial charge in [0.05, 0.1) is 18.6 Å². The number of benzene rings is 2. The number of ether oxygens (including phenoxy) is 3. The number of esters is 1. The van der Waals surface area contributed by atoms with Gasteiger partial charge in [-0.2, -0.15) is 0 Å². The number of carbonyl (C=O) groups is 1. The largest absolute Gasteiger partial charge is 0.495 e. The van der Waals surface area contributed by atoms with Crippen molar-refractivity contribution >= 4 is 52.1 Å². The van der Waals surface area contributed by atoms with Gasteiger partial charge < -0.3 is 19.5 Å². The third-order valence-corrected chi connectivity index (χ3v) is 5.36. The van der Waals surface area contributed by atoms with E-state index in [4.69, 9.17) is 49.6 Å². The van der Waals surface area contributed by atoms with Crippen LogP contribution in [0.3, 0.4) is 0 Å². The number of thiocarbonyl (C=S) groups is 1. The lowest BCUT2D eigenvalue weighted by Gasteiger charge is -2.23. The van der Waals surface area contributed by atoms with Crippen molar-refractivity contribution in [1.82, 2.24) is 0 Å². The van der Waals surface area contributed by atoms with E-state index in [9.17, 15) is 4.79 Å². The van der Waals surface area contributed by atoms with Gasteiger partial charge in [-0.05, 0) is 24.3 Å². The molecule has 29 heavy (non-hydrogen) atoms. The second-order valence-corrected chi connectivity index (χ2v) is 7.52. The molecule has 5 nitrogen and oxygen atoms in total. The van der Waals surface area contributed by atoms with Gasteiger partial charge in [0.2, 0.25) is 0 Å². The van der Waals surface area contributed by atoms with Gasteiger partial charge >= 0.3 is 5.97 Å². The van der Waals surface area contributed by atoms with Crippen LogP contribution in [0, 0.1) is 0 Å². The van der Waals surface area contributed by atoms with Crippen LogP contribution in [0.4, 0.5) is 5.69 Å². The van der Waals surface area contributed by atoms with E-state index in [1.807, 2.05) is 18.2 Å². The third kappa shape index (κ3) is 4.90. The van der Waals surface area contributed by atoms with Gasteiger partial charge in [-0.3, -0.25) is 4.79 Å². The van der Waals surface area contributed by atoms with Crippen LogP contribution < -0.4 is 10.1 Å². The van der Waals surface area contributed by atoms with Crippen molar-refractivity contribution in [2.45, 2.75) is 18.6 Å². The first-order valence-corrected chi connectivity index (χ1v) is 9.95. The highest BCUT2D eigenvalue weighted by Crippen LogP contribution is 2.42. The molecule has 1 aliphatic rings. The summed E-state index contributed by atoms with van der Waals surface area (Å²) in [6, 6.07) is 10.8. The number of hydrogen-bond acceptors (Lipinski definition) is 5. The monoisotopic (exact) mass is 451 g/mol. The molecule has 0 amide bonds. The average molecular weight is 452 g/mol. The Kier molecular flexibility index (Phi) is 7.14. The van der Waals surface area contributed by atoms with Crippen LogP contribution in [-0.4, -0.2) is 30.8 Å². The van der Waals surface area contributed by atoms with Gasteiger partial charge in [0.25, 0.3) is 0 Å². The molecular formula is C21H19Cl2NO4S. The fourth-order valence-electron chi connectivity index (χ4n) is 3.01. The van der Waals surface area contributed by atoms with E-state index in [0.717, 1.165) is 11.3 Å². The highest BCUT2D eigenvalue weighted by Gasteiger charge is 2.33. The highest BCUT2D eigenvalue weighted by molar-refractivity contribution is 7.80. The minimum Gasteiger partial charge on any atom is -0.495 e. The number of carbonyl (C=O) groups excluding carboxylic acids is 1. The van der Waals surface area contributed by atoms with Crippen LogP contribution >= 0.6 is 35.4 Å². The van der Waals surface area contributed by atoms with Crippen LogP contribution in [-0.2, 0) is 14.3 Å². The molecule has 1 N–H and O–H groups in total. The van der Waals surface area contributed by atoms with Crippen molar-refractivity contribution in [1.29, 1.82) is 0 Å². The van der Waals surface area contributed by atoms with Crippen molar-refractivity contribution in [2.75, 3.05) is 19.0 Å². The Morgan fingerprint density at radius 2 is 2.10 bits per heavy atom. The lowest BCUT2D eigenvalue weighted by molar-refractivity contribution is -0.144. The second-order valence-electron chi connectivity index (χ2n) is 6.26. The fourth-order valence-corrected chi connectivity index (χ4v) is 3.74. The SMILES string of the molecule is C=CCOC(=O)C[C@H]1O[C@H](c2cccc(OC)c2Cl)c2cc(Cl)ccc2NC1=S. The maximum Gasteiger partial charge on any atom is 0.309 e. The normalized spacial score (nSPS) is 18.2. The Hall–Kier alpha value is -2.12. The molecule has 0 spiro atoms. The average Bonchev–Trinajstić information content (AvgIpc) is 2.83. The Morgan fingerprint density at radius 1 is 1.31 bits per heavy atom. The van der Waals surface area contributed by atoms with E-state index in [2.05, 4.69) is 11.9 Å². The number of methoxy groups -OCH3 is 1. The summed E-state index contributed by atoms with van der Waals surface area (Å²) in [6.45, 7) is 3.65. The summed E-state index contributed by atoms with van der Waals surface area (Å²) in [5.74, 6) is 0.0663. The van der Waals surface area contributed by atoms with Gasteiger partial charge in [-0.25, -0.2) is 0 Å². The van der Waals surface area contributed by atoms with Crippen LogP contribution in [0.5, 0.6) is 5.75 Å². The smallest absolute Gasteiger partial charge is 0.309 e. The lowest BCUT2D eigenvalue weighted by atomic mass is 9.99. The van der Waals surface area contributed by atoms with Gasteiger partial charge in [0, 0.05) is 21.8 Å². The van der Waals surface area contributed by atoms with E-state index in [-0.39, 0.29) is 13.0 Å². The molecular weight excluding hydrogens is 433 g/mol. The van der Waals surface area contributed by atoms with E-state index in [0.29, 0.717) is 26.3 Å². The first-order valence-electron chi connectivity index (χ1n) is 8.79. The molecule has 0 saturated carbocycles. The number of hydrogen-bond donors (Lipinski definition) is 1. The van der Waals surface area contributed by atoms with Crippen molar-refractivity contribution in [2.24, 2.45) is 0 Å². The van der Waals surface area contributed by atoms with Gasteiger partial charge in [0.15, 0.2) is 0 Å². The van der Waals surface area contributed by atoms with E-state index < -0.39 is 18.2 Å². The topological polar surface area (TPSA) is 56.8 Å². The number of nitrogens with one attached hydrogen (secondary N) is 1. The molecule has 152 valence electrons. The Balaban J connectivity index is 2.03. The molecule has 2 atom stereocenters.